The molecule has 0 fully saturated rings. The van der Waals surface area contributed by atoms with E-state index in [0.29, 0.717) is 6.54 Å². The van der Waals surface area contributed by atoms with Gasteiger partial charge in [-0.1, -0.05) is 13.3 Å². The lowest BCUT2D eigenvalue weighted by Gasteiger charge is -2.14. The Bertz CT molecular complexity index is 634. The standard InChI is InChI=1S/C16H22N2O3/c1-4-5-8-17-15(16(19)20)13-10-18(2)14-7-6-11(21-3)9-12(13)14/h6-7,9-10,15,17H,4-5,8H2,1-3H3,(H,19,20). The molecule has 0 aliphatic rings. The van der Waals surface area contributed by atoms with Crippen LogP contribution in [0.3, 0.4) is 0 Å². The molecule has 1 heterocycles. The third-order valence-electron chi connectivity index (χ3n) is 3.66. The zero-order valence-electron chi connectivity index (χ0n) is 12.7. The van der Waals surface area contributed by atoms with Crippen molar-refractivity contribution in [2.24, 2.45) is 7.05 Å². The summed E-state index contributed by atoms with van der Waals surface area (Å²) in [4.78, 5) is 11.6. The van der Waals surface area contributed by atoms with E-state index in [1.807, 2.05) is 36.0 Å². The number of rotatable bonds is 7. The third kappa shape index (κ3) is 3.19. The number of methoxy groups -OCH3 is 1. The van der Waals surface area contributed by atoms with Crippen molar-refractivity contribution in [1.82, 2.24) is 9.88 Å². The van der Waals surface area contributed by atoms with Crippen molar-refractivity contribution < 1.29 is 14.6 Å². The fourth-order valence-electron chi connectivity index (χ4n) is 2.51. The number of carbonyl (C=O) groups is 1. The average Bonchev–Trinajstić information content (AvgIpc) is 2.79. The number of hydrogen-bond acceptors (Lipinski definition) is 3. The van der Waals surface area contributed by atoms with Crippen molar-refractivity contribution in [1.29, 1.82) is 0 Å². The molecule has 2 rings (SSSR count). The number of ether oxygens (including phenoxy) is 1. The summed E-state index contributed by atoms with van der Waals surface area (Å²) in [5.74, 6) is -0.130. The van der Waals surface area contributed by atoms with E-state index < -0.39 is 12.0 Å². The lowest BCUT2D eigenvalue weighted by atomic mass is 10.1. The van der Waals surface area contributed by atoms with Crippen LogP contribution in [0.15, 0.2) is 24.4 Å². The van der Waals surface area contributed by atoms with Gasteiger partial charge in [0.15, 0.2) is 0 Å². The number of aromatic nitrogens is 1. The zero-order chi connectivity index (χ0) is 15.4. The number of carboxylic acid groups (broad SMARTS) is 1. The number of aliphatic carboxylic acids is 1. The second kappa shape index (κ2) is 6.63. The highest BCUT2D eigenvalue weighted by atomic mass is 16.5. The Hall–Kier alpha value is -2.01. The number of hydrogen-bond donors (Lipinski definition) is 2. The van der Waals surface area contributed by atoms with Gasteiger partial charge in [-0.25, -0.2) is 0 Å². The average molecular weight is 290 g/mol. The maximum atomic E-state index is 11.6. The van der Waals surface area contributed by atoms with Gasteiger partial charge in [-0.3, -0.25) is 4.79 Å². The van der Waals surface area contributed by atoms with Gasteiger partial charge in [0.05, 0.1) is 7.11 Å². The van der Waals surface area contributed by atoms with Crippen molar-refractivity contribution in [3.05, 3.63) is 30.0 Å². The van der Waals surface area contributed by atoms with Gasteiger partial charge in [0, 0.05) is 29.7 Å². The smallest absolute Gasteiger partial charge is 0.325 e. The Morgan fingerprint density at radius 1 is 1.48 bits per heavy atom. The molecule has 0 radical (unpaired) electrons. The van der Waals surface area contributed by atoms with Crippen molar-refractivity contribution >= 4 is 16.9 Å². The monoisotopic (exact) mass is 290 g/mol. The largest absolute Gasteiger partial charge is 0.497 e. The molecule has 0 aliphatic carbocycles. The molecule has 0 saturated carbocycles. The van der Waals surface area contributed by atoms with E-state index in [2.05, 4.69) is 12.2 Å². The highest BCUT2D eigenvalue weighted by Gasteiger charge is 2.23. The summed E-state index contributed by atoms with van der Waals surface area (Å²) < 4.78 is 7.19. The van der Waals surface area contributed by atoms with Crippen LogP contribution in [0.2, 0.25) is 0 Å². The lowest BCUT2D eigenvalue weighted by molar-refractivity contribution is -0.139. The SMILES string of the molecule is CCCCNC(C(=O)O)c1cn(C)c2ccc(OC)cc12. The Morgan fingerprint density at radius 3 is 2.86 bits per heavy atom. The second-order valence-corrected chi connectivity index (χ2v) is 5.16. The first-order chi connectivity index (χ1) is 10.1. The van der Waals surface area contributed by atoms with Crippen molar-refractivity contribution in [2.45, 2.75) is 25.8 Å². The summed E-state index contributed by atoms with van der Waals surface area (Å²) in [6, 6.07) is 5.02. The highest BCUT2D eigenvalue weighted by Crippen LogP contribution is 2.29. The van der Waals surface area contributed by atoms with Crippen LogP contribution in [0.5, 0.6) is 5.75 Å². The Labute approximate surface area is 124 Å². The number of nitrogens with one attached hydrogen (secondary N) is 1. The molecule has 5 heteroatoms. The Balaban J connectivity index is 2.43. The molecular weight excluding hydrogens is 268 g/mol. The fraction of sp³-hybridized carbons (Fsp3) is 0.438. The molecule has 0 saturated heterocycles. The molecule has 114 valence electrons. The molecule has 1 atom stereocenters. The molecule has 21 heavy (non-hydrogen) atoms. The fourth-order valence-corrected chi connectivity index (χ4v) is 2.51. The van der Waals surface area contributed by atoms with Crippen LogP contribution in [-0.2, 0) is 11.8 Å². The Kier molecular flexibility index (Phi) is 4.85. The van der Waals surface area contributed by atoms with Crippen LogP contribution in [0.25, 0.3) is 10.9 Å². The lowest BCUT2D eigenvalue weighted by Crippen LogP contribution is -2.29. The van der Waals surface area contributed by atoms with Gasteiger partial charge in [-0.05, 0) is 31.2 Å². The van der Waals surface area contributed by atoms with Crippen molar-refractivity contribution in [2.75, 3.05) is 13.7 Å². The van der Waals surface area contributed by atoms with Gasteiger partial charge in [0.1, 0.15) is 11.8 Å². The molecule has 0 spiro atoms. The Morgan fingerprint density at radius 2 is 2.24 bits per heavy atom. The van der Waals surface area contributed by atoms with Gasteiger partial charge in [-0.2, -0.15) is 0 Å². The van der Waals surface area contributed by atoms with E-state index in [1.165, 1.54) is 0 Å². The van der Waals surface area contributed by atoms with E-state index in [-0.39, 0.29) is 0 Å². The zero-order valence-corrected chi connectivity index (χ0v) is 12.7. The normalized spacial score (nSPS) is 12.5. The van der Waals surface area contributed by atoms with Gasteiger partial charge in [-0.15, -0.1) is 0 Å². The molecule has 2 N–H and O–H groups in total. The molecule has 5 nitrogen and oxygen atoms in total. The second-order valence-electron chi connectivity index (χ2n) is 5.16. The quantitative estimate of drug-likeness (QED) is 0.770. The summed E-state index contributed by atoms with van der Waals surface area (Å²) in [6.45, 7) is 2.77. The maximum absolute atomic E-state index is 11.6. The van der Waals surface area contributed by atoms with Crippen LogP contribution in [0, 0.1) is 0 Å². The number of unbranched alkanes of at least 4 members (excludes halogenated alkanes) is 1. The van der Waals surface area contributed by atoms with Gasteiger partial charge in [0.25, 0.3) is 0 Å². The van der Waals surface area contributed by atoms with Crippen LogP contribution in [0.4, 0.5) is 0 Å². The minimum absolute atomic E-state index is 0.688. The number of benzene rings is 1. The molecule has 0 bridgehead atoms. The van der Waals surface area contributed by atoms with Crippen molar-refractivity contribution in [3.8, 4) is 5.75 Å². The van der Waals surface area contributed by atoms with Crippen molar-refractivity contribution in [3.63, 3.8) is 0 Å². The minimum Gasteiger partial charge on any atom is -0.497 e. The molecular formula is C16H22N2O3. The van der Waals surface area contributed by atoms with Gasteiger partial charge < -0.3 is 19.7 Å². The first kappa shape index (κ1) is 15.4. The van der Waals surface area contributed by atoms with E-state index >= 15 is 0 Å². The maximum Gasteiger partial charge on any atom is 0.325 e. The van der Waals surface area contributed by atoms with E-state index in [1.54, 1.807) is 7.11 Å². The van der Waals surface area contributed by atoms with E-state index in [4.69, 9.17) is 4.74 Å². The van der Waals surface area contributed by atoms with Gasteiger partial charge >= 0.3 is 5.97 Å². The summed E-state index contributed by atoms with van der Waals surface area (Å²) in [5.41, 5.74) is 1.77. The predicted molar refractivity (Wildman–Crippen MR) is 82.8 cm³/mol. The number of carboxylic acids is 1. The molecule has 1 aromatic heterocycles. The first-order valence-corrected chi connectivity index (χ1v) is 7.17. The van der Waals surface area contributed by atoms with E-state index in [9.17, 15) is 9.90 Å². The minimum atomic E-state index is -0.860. The third-order valence-corrected chi connectivity index (χ3v) is 3.66. The molecule has 1 unspecified atom stereocenters. The topological polar surface area (TPSA) is 63.5 Å². The van der Waals surface area contributed by atoms with Gasteiger partial charge in [0.2, 0.25) is 0 Å². The number of aryl methyl sites for hydroxylation is 1. The summed E-state index contributed by atoms with van der Waals surface area (Å²) in [6.07, 6.45) is 3.86. The highest BCUT2D eigenvalue weighted by molar-refractivity contribution is 5.90. The predicted octanol–water partition coefficient (Wildman–Crippen LogP) is 2.70. The summed E-state index contributed by atoms with van der Waals surface area (Å²) in [7, 11) is 3.53. The first-order valence-electron chi connectivity index (χ1n) is 7.17. The number of fused-ring (bicyclic) bond motifs is 1. The molecule has 0 amide bonds. The molecule has 0 aliphatic heterocycles. The van der Waals surface area contributed by atoms with Crippen LogP contribution >= 0.6 is 0 Å². The van der Waals surface area contributed by atoms with E-state index in [0.717, 1.165) is 35.1 Å². The molecule has 2 aromatic rings. The summed E-state index contributed by atoms with van der Waals surface area (Å²) >= 11 is 0. The van der Waals surface area contributed by atoms with Crippen LogP contribution in [0.1, 0.15) is 31.4 Å². The summed E-state index contributed by atoms with van der Waals surface area (Å²) in [5, 5.41) is 13.6. The molecule has 1 aromatic carbocycles. The number of nitrogens with zero attached hydrogens (tertiary/aromatic N) is 1. The van der Waals surface area contributed by atoms with Crippen LogP contribution in [-0.4, -0.2) is 29.3 Å². The van der Waals surface area contributed by atoms with Crippen LogP contribution < -0.4 is 10.1 Å².